The molecule has 1 aromatic heterocycles. The van der Waals surface area contributed by atoms with Crippen molar-refractivity contribution in [2.45, 2.75) is 38.9 Å². The summed E-state index contributed by atoms with van der Waals surface area (Å²) < 4.78 is 13.0. The Bertz CT molecular complexity index is 1560. The van der Waals surface area contributed by atoms with E-state index in [1.54, 1.807) is 6.20 Å². The number of allylic oxidation sites excluding steroid dienone is 2. The van der Waals surface area contributed by atoms with Gasteiger partial charge < -0.3 is 14.6 Å². The van der Waals surface area contributed by atoms with Crippen molar-refractivity contribution < 1.29 is 9.31 Å². The molecule has 0 aliphatic carbocycles. The van der Waals surface area contributed by atoms with Gasteiger partial charge in [-0.2, -0.15) is 0 Å². The number of hydrogen-bond donors (Lipinski definition) is 1. The van der Waals surface area contributed by atoms with Crippen LogP contribution < -0.4 is 10.8 Å². The van der Waals surface area contributed by atoms with Crippen molar-refractivity contribution in [1.82, 2.24) is 10.3 Å². The molecule has 0 bridgehead atoms. The Labute approximate surface area is 231 Å². The minimum Gasteiger partial charge on any atom is -0.399 e. The molecule has 2 aliphatic heterocycles. The molecule has 0 saturated carbocycles. The van der Waals surface area contributed by atoms with Gasteiger partial charge in [0.05, 0.1) is 11.2 Å². The zero-order chi connectivity index (χ0) is 27.0. The molecule has 194 valence electrons. The van der Waals surface area contributed by atoms with Gasteiger partial charge in [-0.1, -0.05) is 60.7 Å². The van der Waals surface area contributed by atoms with Gasteiger partial charge in [-0.15, -0.1) is 0 Å². The van der Waals surface area contributed by atoms with E-state index in [4.69, 9.17) is 9.31 Å². The molecule has 1 N–H and O–H groups in total. The zero-order valence-corrected chi connectivity index (χ0v) is 22.9. The van der Waals surface area contributed by atoms with Crippen molar-refractivity contribution in [2.75, 3.05) is 6.54 Å². The molecule has 0 radical (unpaired) electrons. The average molecular weight is 512 g/mol. The molecule has 0 unspecified atom stereocenters. The molecule has 1 fully saturated rings. The first kappa shape index (κ1) is 25.4. The highest BCUT2D eigenvalue weighted by atomic mass is 16.7. The fourth-order valence-electron chi connectivity index (χ4n) is 5.07. The second-order valence-corrected chi connectivity index (χ2v) is 11.3. The number of nitrogens with one attached hydrogen (secondary N) is 1. The summed E-state index contributed by atoms with van der Waals surface area (Å²) in [6.07, 6.45) is 9.91. The zero-order valence-electron chi connectivity index (χ0n) is 22.9. The van der Waals surface area contributed by atoms with Crippen LogP contribution in [0.3, 0.4) is 0 Å². The van der Waals surface area contributed by atoms with Crippen LogP contribution in [0, 0.1) is 0 Å². The topological polar surface area (TPSA) is 43.4 Å². The minimum atomic E-state index is -0.450. The predicted octanol–water partition coefficient (Wildman–Crippen LogP) is 6.88. The van der Waals surface area contributed by atoms with Crippen LogP contribution in [-0.2, 0) is 9.31 Å². The summed E-state index contributed by atoms with van der Waals surface area (Å²) in [5.74, 6) is 0. The Kier molecular flexibility index (Phi) is 6.50. The molecule has 39 heavy (non-hydrogen) atoms. The number of nitrogens with zero attached hydrogens (tertiary/aromatic N) is 1. The summed E-state index contributed by atoms with van der Waals surface area (Å²) in [5, 5.41) is 3.32. The van der Waals surface area contributed by atoms with E-state index in [0.717, 1.165) is 45.4 Å². The summed E-state index contributed by atoms with van der Waals surface area (Å²) >= 11 is 0. The van der Waals surface area contributed by atoms with Crippen molar-refractivity contribution in [3.63, 3.8) is 0 Å². The molecular weight excluding hydrogens is 479 g/mol. The first-order valence-corrected chi connectivity index (χ1v) is 13.5. The third-order valence-corrected chi connectivity index (χ3v) is 8.04. The highest BCUT2D eigenvalue weighted by Gasteiger charge is 2.51. The van der Waals surface area contributed by atoms with Crippen molar-refractivity contribution in [3.8, 4) is 33.4 Å². The number of benzene rings is 3. The molecular formula is C34H33BN2O2. The largest absolute Gasteiger partial charge is 0.494 e. The molecule has 6 rings (SSSR count). The maximum absolute atomic E-state index is 6.49. The Morgan fingerprint density at radius 2 is 1.26 bits per heavy atom. The Morgan fingerprint density at radius 3 is 1.85 bits per heavy atom. The second kappa shape index (κ2) is 9.99. The Morgan fingerprint density at radius 1 is 0.692 bits per heavy atom. The minimum absolute atomic E-state index is 0.415. The molecule has 5 heteroatoms. The van der Waals surface area contributed by atoms with E-state index in [1.807, 2.05) is 18.5 Å². The number of dihydropyridines is 1. The lowest BCUT2D eigenvalue weighted by molar-refractivity contribution is 0.00578. The predicted molar refractivity (Wildman–Crippen MR) is 161 cm³/mol. The summed E-state index contributed by atoms with van der Waals surface area (Å²) in [4.78, 5) is 4.31. The van der Waals surface area contributed by atoms with Gasteiger partial charge in [0.25, 0.3) is 0 Å². The number of pyridine rings is 1. The fraction of sp³-hybridized carbons (Fsp3) is 0.206. The Balaban J connectivity index is 1.46. The van der Waals surface area contributed by atoms with Gasteiger partial charge in [-0.05, 0) is 109 Å². The van der Waals surface area contributed by atoms with Crippen LogP contribution in [0.1, 0.15) is 33.3 Å². The van der Waals surface area contributed by atoms with E-state index in [0.29, 0.717) is 0 Å². The number of aromatic nitrogens is 1. The average Bonchev–Trinajstić information content (AvgIpc) is 3.20. The van der Waals surface area contributed by atoms with E-state index in [9.17, 15) is 0 Å². The maximum atomic E-state index is 6.49. The lowest BCUT2D eigenvalue weighted by Gasteiger charge is -2.32. The van der Waals surface area contributed by atoms with Crippen molar-refractivity contribution in [1.29, 1.82) is 0 Å². The van der Waals surface area contributed by atoms with Gasteiger partial charge in [0.15, 0.2) is 0 Å². The van der Waals surface area contributed by atoms with Crippen LogP contribution in [0.4, 0.5) is 0 Å². The summed E-state index contributed by atoms with van der Waals surface area (Å²) in [7, 11) is -0.450. The van der Waals surface area contributed by atoms with Gasteiger partial charge in [0, 0.05) is 24.5 Å². The van der Waals surface area contributed by atoms with Crippen molar-refractivity contribution in [3.05, 3.63) is 115 Å². The highest BCUT2D eigenvalue weighted by molar-refractivity contribution is 6.62. The lowest BCUT2D eigenvalue weighted by Crippen LogP contribution is -2.41. The molecule has 0 atom stereocenters. The normalized spacial score (nSPS) is 17.5. The van der Waals surface area contributed by atoms with E-state index in [-0.39, 0.29) is 0 Å². The quantitative estimate of drug-likeness (QED) is 0.296. The monoisotopic (exact) mass is 512 g/mol. The van der Waals surface area contributed by atoms with Crippen molar-refractivity contribution >= 4 is 18.2 Å². The lowest BCUT2D eigenvalue weighted by atomic mass is 9.76. The summed E-state index contributed by atoms with van der Waals surface area (Å²) in [6, 6.07) is 28.1. The van der Waals surface area contributed by atoms with E-state index in [1.165, 1.54) is 11.1 Å². The molecule has 4 nitrogen and oxygen atoms in total. The first-order chi connectivity index (χ1) is 18.8. The molecule has 2 aliphatic rings. The smallest absolute Gasteiger partial charge is 0.399 e. The third-order valence-electron chi connectivity index (χ3n) is 8.04. The Hall–Kier alpha value is -3.93. The van der Waals surface area contributed by atoms with Gasteiger partial charge in [0.2, 0.25) is 0 Å². The van der Waals surface area contributed by atoms with Crippen LogP contribution in [0.25, 0.3) is 39.0 Å². The fourth-order valence-corrected chi connectivity index (χ4v) is 5.07. The van der Waals surface area contributed by atoms with Crippen LogP contribution in [0.2, 0.25) is 0 Å². The third kappa shape index (κ3) is 5.08. The second-order valence-electron chi connectivity index (χ2n) is 11.3. The van der Waals surface area contributed by atoms with Gasteiger partial charge in [0.1, 0.15) is 0 Å². The molecule has 3 heterocycles. The molecule has 3 aromatic carbocycles. The van der Waals surface area contributed by atoms with E-state index < -0.39 is 18.3 Å². The van der Waals surface area contributed by atoms with E-state index >= 15 is 0 Å². The summed E-state index contributed by atoms with van der Waals surface area (Å²) in [6.45, 7) is 9.20. The first-order valence-electron chi connectivity index (χ1n) is 13.5. The SMILES string of the molecule is CC1(C)OB(c2cc(-c3cccc(C4=CC=CNC4)c3)cc(-c3cccc(-c4cccnc4)c3)c2)OC1(C)C. The molecule has 0 spiro atoms. The standard InChI is InChI=1S/C34H33BN2O2/c1-33(2)34(3,4)39-35(38-33)32-20-30(26-11-5-9-24(17-26)28-13-7-15-36-22-28)19-31(21-32)27-12-6-10-25(18-27)29-14-8-16-37-23-29/h5-22,37H,23H2,1-4H3. The molecule has 4 aromatic rings. The number of rotatable bonds is 5. The number of hydrogen-bond acceptors (Lipinski definition) is 4. The van der Waals surface area contributed by atoms with Crippen LogP contribution >= 0.6 is 0 Å². The molecule has 0 amide bonds. The van der Waals surface area contributed by atoms with Crippen LogP contribution in [0.5, 0.6) is 0 Å². The van der Waals surface area contributed by atoms with Gasteiger partial charge in [-0.25, -0.2) is 0 Å². The van der Waals surface area contributed by atoms with Crippen LogP contribution in [0.15, 0.2) is 110 Å². The molecule has 1 saturated heterocycles. The van der Waals surface area contributed by atoms with Gasteiger partial charge >= 0.3 is 7.12 Å². The van der Waals surface area contributed by atoms with E-state index in [2.05, 4.69) is 123 Å². The van der Waals surface area contributed by atoms with Gasteiger partial charge in [-0.3, -0.25) is 4.98 Å². The van der Waals surface area contributed by atoms with Crippen LogP contribution in [-0.4, -0.2) is 29.8 Å². The summed E-state index contributed by atoms with van der Waals surface area (Å²) in [5.41, 5.74) is 9.44. The highest BCUT2D eigenvalue weighted by Crippen LogP contribution is 2.38. The van der Waals surface area contributed by atoms with Crippen molar-refractivity contribution in [2.24, 2.45) is 0 Å². The maximum Gasteiger partial charge on any atom is 0.494 e.